The van der Waals surface area contributed by atoms with Crippen molar-refractivity contribution in [3.8, 4) is 0 Å². The number of benzene rings is 1. The number of amides is 1. The monoisotopic (exact) mass is 329 g/mol. The largest absolute Gasteiger partial charge is 0.371 e. The lowest BCUT2D eigenvalue weighted by molar-refractivity contribution is -0.142. The van der Waals surface area contributed by atoms with Crippen LogP contribution in [-0.2, 0) is 16.0 Å². The van der Waals surface area contributed by atoms with Gasteiger partial charge in [-0.15, -0.1) is 0 Å². The number of halogens is 2. The number of rotatable bonds is 3. The number of morpholine rings is 1. The van der Waals surface area contributed by atoms with Gasteiger partial charge in [-0.1, -0.05) is 28.1 Å². The minimum Gasteiger partial charge on any atom is -0.371 e. The van der Waals surface area contributed by atoms with Crippen LogP contribution in [0.5, 0.6) is 0 Å². The van der Waals surface area contributed by atoms with Crippen molar-refractivity contribution < 1.29 is 13.9 Å². The Morgan fingerprint density at radius 2 is 2.32 bits per heavy atom. The van der Waals surface area contributed by atoms with E-state index in [1.165, 1.54) is 12.1 Å². The molecule has 0 bridgehead atoms. The zero-order valence-corrected chi connectivity index (χ0v) is 12.4. The average molecular weight is 330 g/mol. The van der Waals surface area contributed by atoms with E-state index in [2.05, 4.69) is 15.9 Å². The van der Waals surface area contributed by atoms with Gasteiger partial charge in [-0.05, 0) is 24.6 Å². The topological polar surface area (TPSA) is 29.5 Å². The second-order valence-corrected chi connectivity index (χ2v) is 5.48. The van der Waals surface area contributed by atoms with Crippen LogP contribution in [0.3, 0.4) is 0 Å². The molecule has 1 amide bonds. The van der Waals surface area contributed by atoms with Crippen LogP contribution in [0, 0.1) is 5.82 Å². The Bertz CT molecular complexity index is 455. The minimum absolute atomic E-state index is 0.0201. The van der Waals surface area contributed by atoms with Crippen molar-refractivity contribution in [2.24, 2.45) is 0 Å². The molecule has 1 aliphatic rings. The van der Waals surface area contributed by atoms with Gasteiger partial charge in [0.25, 0.3) is 0 Å². The maximum Gasteiger partial charge on any atom is 0.227 e. The number of hydrogen-bond acceptors (Lipinski definition) is 2. The first kappa shape index (κ1) is 14.5. The summed E-state index contributed by atoms with van der Waals surface area (Å²) >= 11 is 3.38. The molecule has 0 saturated carbocycles. The quantitative estimate of drug-likeness (QED) is 0.797. The summed E-state index contributed by atoms with van der Waals surface area (Å²) in [6, 6.07) is 6.18. The van der Waals surface area contributed by atoms with E-state index < -0.39 is 0 Å². The van der Waals surface area contributed by atoms with Gasteiger partial charge in [0, 0.05) is 18.4 Å². The van der Waals surface area contributed by atoms with Gasteiger partial charge in [-0.2, -0.15) is 0 Å². The Balaban J connectivity index is 1.99. The molecule has 1 aromatic carbocycles. The summed E-state index contributed by atoms with van der Waals surface area (Å²) in [4.78, 5) is 14.0. The first-order valence-corrected chi connectivity index (χ1v) is 7.44. The molecule has 0 spiro atoms. The molecule has 2 unspecified atom stereocenters. The summed E-state index contributed by atoms with van der Waals surface area (Å²) in [7, 11) is 0. The Kier molecular flexibility index (Phi) is 4.93. The van der Waals surface area contributed by atoms with Crippen LogP contribution in [0.25, 0.3) is 0 Å². The van der Waals surface area contributed by atoms with Gasteiger partial charge in [0.2, 0.25) is 5.91 Å². The lowest BCUT2D eigenvalue weighted by atomic mass is 10.1. The SMILES string of the molecule is CC1CN(C(=O)Cc2cccc(F)c2)CC(CBr)O1. The van der Waals surface area contributed by atoms with Crippen molar-refractivity contribution in [3.63, 3.8) is 0 Å². The number of hydrogen-bond donors (Lipinski definition) is 0. The molecule has 19 heavy (non-hydrogen) atoms. The molecule has 2 atom stereocenters. The molecule has 1 fully saturated rings. The maximum absolute atomic E-state index is 13.1. The molecular weight excluding hydrogens is 313 g/mol. The highest BCUT2D eigenvalue weighted by molar-refractivity contribution is 9.09. The van der Waals surface area contributed by atoms with Crippen LogP contribution in [0.2, 0.25) is 0 Å². The zero-order chi connectivity index (χ0) is 13.8. The minimum atomic E-state index is -0.306. The molecule has 0 aromatic heterocycles. The van der Waals surface area contributed by atoms with Crippen LogP contribution < -0.4 is 0 Å². The van der Waals surface area contributed by atoms with Crippen LogP contribution in [0.4, 0.5) is 4.39 Å². The van der Waals surface area contributed by atoms with Gasteiger partial charge >= 0.3 is 0 Å². The van der Waals surface area contributed by atoms with Gasteiger partial charge < -0.3 is 9.64 Å². The molecular formula is C14H17BrFNO2. The van der Waals surface area contributed by atoms with Crippen molar-refractivity contribution >= 4 is 21.8 Å². The summed E-state index contributed by atoms with van der Waals surface area (Å²) < 4.78 is 18.8. The summed E-state index contributed by atoms with van der Waals surface area (Å²) in [6.07, 6.45) is 0.299. The predicted molar refractivity (Wildman–Crippen MR) is 74.8 cm³/mol. The van der Waals surface area contributed by atoms with Gasteiger partial charge in [-0.25, -0.2) is 4.39 Å². The number of nitrogens with zero attached hydrogens (tertiary/aromatic N) is 1. The molecule has 0 N–H and O–H groups in total. The van der Waals surface area contributed by atoms with Gasteiger partial charge in [0.05, 0.1) is 18.6 Å². The number of ether oxygens (including phenoxy) is 1. The molecule has 1 aliphatic heterocycles. The van der Waals surface area contributed by atoms with E-state index in [9.17, 15) is 9.18 Å². The van der Waals surface area contributed by atoms with E-state index in [1.54, 1.807) is 17.0 Å². The first-order valence-electron chi connectivity index (χ1n) is 6.32. The predicted octanol–water partition coefficient (Wildman–Crippen LogP) is 2.38. The third-order valence-corrected chi connectivity index (χ3v) is 3.82. The second-order valence-electron chi connectivity index (χ2n) is 4.83. The fourth-order valence-corrected chi connectivity index (χ4v) is 2.62. The Morgan fingerprint density at radius 3 is 3.00 bits per heavy atom. The van der Waals surface area contributed by atoms with E-state index >= 15 is 0 Å². The number of carbonyl (C=O) groups excluding carboxylic acids is 1. The van der Waals surface area contributed by atoms with Crippen LogP contribution in [0.15, 0.2) is 24.3 Å². The summed E-state index contributed by atoms with van der Waals surface area (Å²) in [6.45, 7) is 3.14. The zero-order valence-electron chi connectivity index (χ0n) is 10.8. The Labute approximate surface area is 120 Å². The molecule has 1 aromatic rings. The average Bonchev–Trinajstić information content (AvgIpc) is 2.38. The van der Waals surface area contributed by atoms with Gasteiger partial charge in [-0.3, -0.25) is 4.79 Å². The molecule has 0 radical (unpaired) electrons. The Hall–Kier alpha value is -0.940. The lowest BCUT2D eigenvalue weighted by Crippen LogP contribution is -2.50. The van der Waals surface area contributed by atoms with Gasteiger partial charge in [0.15, 0.2) is 0 Å². The highest BCUT2D eigenvalue weighted by atomic mass is 79.9. The fraction of sp³-hybridized carbons (Fsp3) is 0.500. The highest BCUT2D eigenvalue weighted by Gasteiger charge is 2.27. The van der Waals surface area contributed by atoms with E-state index in [0.717, 1.165) is 0 Å². The molecule has 0 aliphatic carbocycles. The molecule has 3 nitrogen and oxygen atoms in total. The van der Waals surface area contributed by atoms with Crippen molar-refractivity contribution in [2.75, 3.05) is 18.4 Å². The highest BCUT2D eigenvalue weighted by Crippen LogP contribution is 2.15. The Morgan fingerprint density at radius 1 is 1.53 bits per heavy atom. The summed E-state index contributed by atoms with van der Waals surface area (Å²) in [5, 5.41) is 0.709. The molecule has 1 saturated heterocycles. The standard InChI is InChI=1S/C14H17BrFNO2/c1-10-8-17(9-13(7-15)19-10)14(18)6-11-3-2-4-12(16)5-11/h2-5,10,13H,6-9H2,1H3. The van der Waals surface area contributed by atoms with E-state index in [-0.39, 0.29) is 30.4 Å². The van der Waals surface area contributed by atoms with Crippen LogP contribution in [-0.4, -0.2) is 41.4 Å². The van der Waals surface area contributed by atoms with E-state index in [4.69, 9.17) is 4.74 Å². The van der Waals surface area contributed by atoms with Gasteiger partial charge in [0.1, 0.15) is 5.82 Å². The van der Waals surface area contributed by atoms with Crippen LogP contribution >= 0.6 is 15.9 Å². The first-order chi connectivity index (χ1) is 9.08. The van der Waals surface area contributed by atoms with Crippen molar-refractivity contribution in [1.82, 2.24) is 4.90 Å². The van der Waals surface area contributed by atoms with Crippen molar-refractivity contribution in [2.45, 2.75) is 25.6 Å². The van der Waals surface area contributed by atoms with Crippen molar-refractivity contribution in [3.05, 3.63) is 35.6 Å². The number of alkyl halides is 1. The maximum atomic E-state index is 13.1. The molecule has 2 rings (SSSR count). The van der Waals surface area contributed by atoms with E-state index in [1.807, 2.05) is 6.92 Å². The van der Waals surface area contributed by atoms with E-state index in [0.29, 0.717) is 24.0 Å². The normalized spacial score (nSPS) is 23.4. The third-order valence-electron chi connectivity index (χ3n) is 3.10. The second kappa shape index (κ2) is 6.48. The summed E-state index contributed by atoms with van der Waals surface area (Å²) in [5.74, 6) is -0.286. The smallest absolute Gasteiger partial charge is 0.227 e. The van der Waals surface area contributed by atoms with Crippen molar-refractivity contribution in [1.29, 1.82) is 0 Å². The third kappa shape index (κ3) is 4.01. The summed E-state index contributed by atoms with van der Waals surface area (Å²) in [5.41, 5.74) is 0.708. The number of carbonyl (C=O) groups is 1. The molecule has 1 heterocycles. The molecule has 104 valence electrons. The van der Waals surface area contributed by atoms with Crippen LogP contribution in [0.1, 0.15) is 12.5 Å². The fourth-order valence-electron chi connectivity index (χ4n) is 2.27. The lowest BCUT2D eigenvalue weighted by Gasteiger charge is -2.36. The molecule has 5 heteroatoms.